The fourth-order valence-electron chi connectivity index (χ4n) is 8.21. The summed E-state index contributed by atoms with van der Waals surface area (Å²) < 4.78 is 16.3. The third-order valence-corrected chi connectivity index (χ3v) is 9.89. The Morgan fingerprint density at radius 1 is 1.00 bits per heavy atom. The van der Waals surface area contributed by atoms with Gasteiger partial charge in [-0.3, -0.25) is 14.4 Å². The molecular weight excluding hydrogens is 436 g/mol. The van der Waals surface area contributed by atoms with Crippen molar-refractivity contribution in [2.24, 2.45) is 28.6 Å². The summed E-state index contributed by atoms with van der Waals surface area (Å²) in [5.74, 6) is 0.121. The molecule has 190 valence electrons. The second kappa shape index (κ2) is 8.96. The van der Waals surface area contributed by atoms with E-state index in [1.54, 1.807) is 0 Å². The fraction of sp³-hybridized carbons (Fsp3) is 0.815. The van der Waals surface area contributed by atoms with Crippen LogP contribution in [0.5, 0.6) is 0 Å². The van der Waals surface area contributed by atoms with Crippen LogP contribution in [0.4, 0.5) is 0 Å². The molecule has 7 nitrogen and oxygen atoms in total. The van der Waals surface area contributed by atoms with Crippen molar-refractivity contribution in [1.82, 2.24) is 0 Å². The van der Waals surface area contributed by atoms with Crippen molar-refractivity contribution in [2.75, 3.05) is 6.61 Å². The summed E-state index contributed by atoms with van der Waals surface area (Å²) in [5.41, 5.74) is -0.141. The standard InChI is InChI=1S/C27H40O7/c1-16(28)32-15-24(34-18(3)30)27(31)13-10-23-21-7-6-19-14-20(33-17(2)29)8-11-25(19,4)22(21)9-12-26(23,27)5/h6,20-24,31H,7-15H2,1-5H3/t20-,21+,22-,23-,24-,25-,26-,27-/m0/s1. The molecule has 0 heterocycles. The van der Waals surface area contributed by atoms with Crippen LogP contribution in [-0.2, 0) is 28.6 Å². The number of carbonyl (C=O) groups excluding carboxylic acids is 3. The monoisotopic (exact) mass is 476 g/mol. The first kappa shape index (κ1) is 25.2. The van der Waals surface area contributed by atoms with E-state index in [0.717, 1.165) is 44.9 Å². The number of carbonyl (C=O) groups is 3. The topological polar surface area (TPSA) is 99.1 Å². The third kappa shape index (κ3) is 4.08. The van der Waals surface area contributed by atoms with Crippen molar-refractivity contribution < 1.29 is 33.7 Å². The van der Waals surface area contributed by atoms with Gasteiger partial charge in [0.25, 0.3) is 0 Å². The van der Waals surface area contributed by atoms with Crippen molar-refractivity contribution >= 4 is 17.9 Å². The Bertz CT molecular complexity index is 880. The van der Waals surface area contributed by atoms with Gasteiger partial charge in [-0.1, -0.05) is 25.5 Å². The second-order valence-electron chi connectivity index (χ2n) is 11.6. The van der Waals surface area contributed by atoms with Gasteiger partial charge in [-0.25, -0.2) is 0 Å². The lowest BCUT2D eigenvalue weighted by Crippen LogP contribution is -2.60. The Balaban J connectivity index is 1.58. The number of ether oxygens (including phenoxy) is 3. The van der Waals surface area contributed by atoms with Gasteiger partial charge in [0.05, 0.1) is 0 Å². The minimum atomic E-state index is -1.23. The van der Waals surface area contributed by atoms with Crippen molar-refractivity contribution in [3.8, 4) is 0 Å². The lowest BCUT2D eigenvalue weighted by atomic mass is 9.46. The molecule has 0 unspecified atom stereocenters. The van der Waals surface area contributed by atoms with Crippen molar-refractivity contribution in [1.29, 1.82) is 0 Å². The van der Waals surface area contributed by atoms with Gasteiger partial charge in [0.1, 0.15) is 18.3 Å². The highest BCUT2D eigenvalue weighted by Gasteiger charge is 2.66. The Labute approximate surface area is 202 Å². The summed E-state index contributed by atoms with van der Waals surface area (Å²) >= 11 is 0. The smallest absolute Gasteiger partial charge is 0.303 e. The molecule has 4 aliphatic carbocycles. The number of aliphatic hydroxyl groups is 1. The zero-order chi connectivity index (χ0) is 24.9. The number of hydrogen-bond acceptors (Lipinski definition) is 7. The van der Waals surface area contributed by atoms with E-state index >= 15 is 0 Å². The number of esters is 3. The molecule has 3 fully saturated rings. The minimum Gasteiger partial charge on any atom is -0.462 e. The highest BCUT2D eigenvalue weighted by atomic mass is 16.6. The number of fused-ring (bicyclic) bond motifs is 5. The Kier molecular flexibility index (Phi) is 6.64. The van der Waals surface area contributed by atoms with Crippen LogP contribution in [0.15, 0.2) is 11.6 Å². The van der Waals surface area contributed by atoms with Gasteiger partial charge in [-0.2, -0.15) is 0 Å². The van der Waals surface area contributed by atoms with Crippen LogP contribution in [0.2, 0.25) is 0 Å². The Morgan fingerprint density at radius 2 is 1.71 bits per heavy atom. The zero-order valence-electron chi connectivity index (χ0n) is 21.2. The molecule has 0 radical (unpaired) electrons. The maximum atomic E-state index is 12.0. The average molecular weight is 477 g/mol. The molecule has 8 atom stereocenters. The molecule has 0 saturated heterocycles. The van der Waals surface area contributed by atoms with E-state index in [-0.39, 0.29) is 24.1 Å². The molecule has 0 aromatic rings. The summed E-state index contributed by atoms with van der Waals surface area (Å²) in [6, 6.07) is 0. The van der Waals surface area contributed by atoms with Gasteiger partial charge in [0.15, 0.2) is 6.10 Å². The van der Waals surface area contributed by atoms with Gasteiger partial charge < -0.3 is 19.3 Å². The summed E-state index contributed by atoms with van der Waals surface area (Å²) in [4.78, 5) is 34.8. The minimum absolute atomic E-state index is 0.0235. The SMILES string of the molecule is CC(=O)OC[C@H](OC(C)=O)[C@@]1(O)CC[C@H]2[C@@H]3CC=C4C[C@@H](OC(C)=O)CC[C@]4(C)[C@H]3CC[C@@]21C. The largest absolute Gasteiger partial charge is 0.462 e. The fourth-order valence-corrected chi connectivity index (χ4v) is 8.21. The van der Waals surface area contributed by atoms with E-state index in [0.29, 0.717) is 24.2 Å². The molecule has 7 heteroatoms. The molecule has 0 aliphatic heterocycles. The number of allylic oxidation sites excluding steroid dienone is 1. The normalized spacial score (nSPS) is 41.8. The van der Waals surface area contributed by atoms with Gasteiger partial charge in [-0.05, 0) is 68.1 Å². The van der Waals surface area contributed by atoms with E-state index in [1.165, 1.54) is 26.3 Å². The summed E-state index contributed by atoms with van der Waals surface area (Å²) in [6.07, 6.45) is 8.38. The predicted octanol–water partition coefficient (Wildman–Crippen LogP) is 4.11. The van der Waals surface area contributed by atoms with E-state index < -0.39 is 29.1 Å². The van der Waals surface area contributed by atoms with E-state index in [1.807, 2.05) is 0 Å². The predicted molar refractivity (Wildman–Crippen MR) is 124 cm³/mol. The van der Waals surface area contributed by atoms with Gasteiger partial charge in [0.2, 0.25) is 0 Å². The van der Waals surface area contributed by atoms with E-state index in [9.17, 15) is 19.5 Å². The van der Waals surface area contributed by atoms with Crippen LogP contribution >= 0.6 is 0 Å². The summed E-state index contributed by atoms with van der Waals surface area (Å²) in [7, 11) is 0. The summed E-state index contributed by atoms with van der Waals surface area (Å²) in [6.45, 7) is 8.53. The lowest BCUT2D eigenvalue weighted by Gasteiger charge is -2.59. The highest BCUT2D eigenvalue weighted by Crippen LogP contribution is 2.67. The van der Waals surface area contributed by atoms with Gasteiger partial charge in [-0.15, -0.1) is 0 Å². The van der Waals surface area contributed by atoms with Crippen LogP contribution < -0.4 is 0 Å². The maximum Gasteiger partial charge on any atom is 0.303 e. The molecular formula is C27H40O7. The van der Waals surface area contributed by atoms with Crippen LogP contribution in [0.1, 0.15) is 86.0 Å². The van der Waals surface area contributed by atoms with Gasteiger partial charge in [0, 0.05) is 32.6 Å². The second-order valence-corrected chi connectivity index (χ2v) is 11.6. The van der Waals surface area contributed by atoms with Crippen molar-refractivity contribution in [3.05, 3.63) is 11.6 Å². The van der Waals surface area contributed by atoms with Crippen molar-refractivity contribution in [3.63, 3.8) is 0 Å². The first-order chi connectivity index (χ1) is 15.9. The third-order valence-electron chi connectivity index (χ3n) is 9.89. The average Bonchev–Trinajstić information content (AvgIpc) is 3.02. The van der Waals surface area contributed by atoms with Crippen LogP contribution in [-0.4, -0.2) is 47.4 Å². The van der Waals surface area contributed by atoms with Crippen LogP contribution in [0.3, 0.4) is 0 Å². The quantitative estimate of drug-likeness (QED) is 0.362. The molecule has 0 bridgehead atoms. The molecule has 0 amide bonds. The Morgan fingerprint density at radius 3 is 2.35 bits per heavy atom. The van der Waals surface area contributed by atoms with Crippen molar-refractivity contribution in [2.45, 2.75) is 104 Å². The first-order valence-electron chi connectivity index (χ1n) is 12.8. The van der Waals surface area contributed by atoms with E-state index in [4.69, 9.17) is 14.2 Å². The molecule has 0 spiro atoms. The summed E-state index contributed by atoms with van der Waals surface area (Å²) in [5, 5.41) is 12.0. The highest BCUT2D eigenvalue weighted by molar-refractivity contribution is 5.67. The van der Waals surface area contributed by atoms with Gasteiger partial charge >= 0.3 is 17.9 Å². The van der Waals surface area contributed by atoms with Crippen LogP contribution in [0, 0.1) is 28.6 Å². The molecule has 1 N–H and O–H groups in total. The first-order valence-corrected chi connectivity index (χ1v) is 12.8. The lowest BCUT2D eigenvalue weighted by molar-refractivity contribution is -0.206. The maximum absolute atomic E-state index is 12.0. The molecule has 0 aromatic carbocycles. The van der Waals surface area contributed by atoms with E-state index in [2.05, 4.69) is 19.9 Å². The molecule has 0 aromatic heterocycles. The molecule has 4 rings (SSSR count). The molecule has 34 heavy (non-hydrogen) atoms. The number of hydrogen-bond donors (Lipinski definition) is 1. The molecule has 4 aliphatic rings. The van der Waals surface area contributed by atoms with Crippen LogP contribution in [0.25, 0.3) is 0 Å². The molecule has 3 saturated carbocycles. The zero-order valence-corrected chi connectivity index (χ0v) is 21.2. The Hall–Kier alpha value is -1.89. The number of rotatable bonds is 5.